The summed E-state index contributed by atoms with van der Waals surface area (Å²) in [4.78, 5) is 0. The van der Waals surface area contributed by atoms with E-state index in [9.17, 15) is 5.11 Å². The number of hydrogen-bond donors (Lipinski definition) is 1. The Morgan fingerprint density at radius 2 is 2.60 bits per heavy atom. The number of aryl methyl sites for hydroxylation is 1. The van der Waals surface area contributed by atoms with Gasteiger partial charge in [0.1, 0.15) is 6.10 Å². The van der Waals surface area contributed by atoms with Gasteiger partial charge in [-0.3, -0.25) is 4.68 Å². The normalized spacial score (nSPS) is 23.2. The first-order valence-electron chi connectivity index (χ1n) is 5.63. The molecule has 2 rings (SSSR count). The van der Waals surface area contributed by atoms with Gasteiger partial charge < -0.3 is 9.84 Å². The summed E-state index contributed by atoms with van der Waals surface area (Å²) in [6, 6.07) is 0. The molecule has 1 aromatic heterocycles. The van der Waals surface area contributed by atoms with Crippen LogP contribution in [-0.2, 0) is 11.3 Å². The van der Waals surface area contributed by atoms with Crippen molar-refractivity contribution in [2.75, 3.05) is 6.61 Å². The molecule has 1 fully saturated rings. The van der Waals surface area contributed by atoms with Gasteiger partial charge in [-0.1, -0.05) is 6.92 Å². The van der Waals surface area contributed by atoms with Crippen molar-refractivity contribution in [3.05, 3.63) is 18.0 Å². The molecule has 1 aliphatic rings. The lowest BCUT2D eigenvalue weighted by atomic mass is 10.1. The summed E-state index contributed by atoms with van der Waals surface area (Å²) in [6.07, 6.45) is 6.14. The van der Waals surface area contributed by atoms with Crippen molar-refractivity contribution in [1.82, 2.24) is 9.78 Å². The van der Waals surface area contributed by atoms with Crippen LogP contribution in [0, 0.1) is 0 Å². The maximum atomic E-state index is 10.0. The SMILES string of the molecule is CCCn1cc(C(O)C2CCCO2)cn1. The summed E-state index contributed by atoms with van der Waals surface area (Å²) in [5.74, 6) is 0. The Balaban J connectivity index is 2.00. The first-order valence-corrected chi connectivity index (χ1v) is 5.63. The second-order valence-corrected chi connectivity index (χ2v) is 4.03. The molecule has 4 nitrogen and oxygen atoms in total. The van der Waals surface area contributed by atoms with E-state index in [2.05, 4.69) is 12.0 Å². The van der Waals surface area contributed by atoms with Crippen molar-refractivity contribution >= 4 is 0 Å². The first kappa shape index (κ1) is 10.6. The van der Waals surface area contributed by atoms with Gasteiger partial charge in [-0.15, -0.1) is 0 Å². The van der Waals surface area contributed by atoms with E-state index in [0.29, 0.717) is 0 Å². The van der Waals surface area contributed by atoms with E-state index in [0.717, 1.165) is 38.0 Å². The van der Waals surface area contributed by atoms with Gasteiger partial charge in [0.15, 0.2) is 0 Å². The van der Waals surface area contributed by atoms with E-state index >= 15 is 0 Å². The molecule has 0 spiro atoms. The van der Waals surface area contributed by atoms with E-state index in [1.807, 2.05) is 10.9 Å². The lowest BCUT2D eigenvalue weighted by molar-refractivity contribution is -0.00263. The van der Waals surface area contributed by atoms with Gasteiger partial charge in [0, 0.05) is 24.9 Å². The predicted molar refractivity (Wildman–Crippen MR) is 56.5 cm³/mol. The molecule has 2 unspecified atom stereocenters. The highest BCUT2D eigenvalue weighted by Gasteiger charge is 2.26. The molecule has 1 saturated heterocycles. The summed E-state index contributed by atoms with van der Waals surface area (Å²) in [7, 11) is 0. The van der Waals surface area contributed by atoms with E-state index < -0.39 is 6.10 Å². The molecule has 0 saturated carbocycles. The van der Waals surface area contributed by atoms with E-state index in [-0.39, 0.29) is 6.10 Å². The molecule has 2 heterocycles. The Morgan fingerprint density at radius 1 is 1.73 bits per heavy atom. The van der Waals surface area contributed by atoms with Gasteiger partial charge in [0.2, 0.25) is 0 Å². The molecule has 2 atom stereocenters. The average Bonchev–Trinajstić information content (AvgIpc) is 2.87. The molecule has 0 aromatic carbocycles. The van der Waals surface area contributed by atoms with E-state index in [4.69, 9.17) is 4.74 Å². The van der Waals surface area contributed by atoms with Crippen LogP contribution in [0.5, 0.6) is 0 Å². The van der Waals surface area contributed by atoms with Crippen LogP contribution in [0.2, 0.25) is 0 Å². The number of hydrogen-bond acceptors (Lipinski definition) is 3. The molecule has 1 aromatic rings. The summed E-state index contributed by atoms with van der Waals surface area (Å²) in [5, 5.41) is 14.2. The van der Waals surface area contributed by atoms with Gasteiger partial charge in [-0.25, -0.2) is 0 Å². The topological polar surface area (TPSA) is 47.3 Å². The van der Waals surface area contributed by atoms with Crippen molar-refractivity contribution < 1.29 is 9.84 Å². The summed E-state index contributed by atoms with van der Waals surface area (Å²) in [6.45, 7) is 3.78. The third-order valence-electron chi connectivity index (χ3n) is 2.76. The molecule has 1 aliphatic heterocycles. The van der Waals surface area contributed by atoms with Crippen LogP contribution in [0.15, 0.2) is 12.4 Å². The number of aliphatic hydroxyl groups is 1. The minimum Gasteiger partial charge on any atom is -0.386 e. The number of rotatable bonds is 4. The monoisotopic (exact) mass is 210 g/mol. The van der Waals surface area contributed by atoms with Crippen LogP contribution in [0.1, 0.15) is 37.9 Å². The molecule has 0 aliphatic carbocycles. The standard InChI is InChI=1S/C11H18N2O2/c1-2-5-13-8-9(7-12-13)11(14)10-4-3-6-15-10/h7-8,10-11,14H,2-6H2,1H3. The Hall–Kier alpha value is -0.870. The molecule has 0 amide bonds. The van der Waals surface area contributed by atoms with Crippen LogP contribution in [-0.4, -0.2) is 27.6 Å². The van der Waals surface area contributed by atoms with Crippen molar-refractivity contribution in [1.29, 1.82) is 0 Å². The maximum absolute atomic E-state index is 10.0. The largest absolute Gasteiger partial charge is 0.386 e. The lowest BCUT2D eigenvalue weighted by Gasteiger charge is -2.15. The third kappa shape index (κ3) is 2.38. The van der Waals surface area contributed by atoms with E-state index in [1.165, 1.54) is 0 Å². The third-order valence-corrected chi connectivity index (χ3v) is 2.76. The molecule has 84 valence electrons. The van der Waals surface area contributed by atoms with Gasteiger partial charge in [0.05, 0.1) is 12.3 Å². The van der Waals surface area contributed by atoms with Crippen LogP contribution in [0.3, 0.4) is 0 Å². The zero-order valence-electron chi connectivity index (χ0n) is 9.09. The van der Waals surface area contributed by atoms with Crippen molar-refractivity contribution in [3.8, 4) is 0 Å². The molecule has 0 bridgehead atoms. The Bertz CT molecular complexity index is 305. The fourth-order valence-electron chi connectivity index (χ4n) is 1.95. The molecule has 15 heavy (non-hydrogen) atoms. The Kier molecular flexibility index (Phi) is 3.38. The summed E-state index contributed by atoms with van der Waals surface area (Å²) < 4.78 is 7.32. The minimum atomic E-state index is -0.516. The average molecular weight is 210 g/mol. The number of aliphatic hydroxyl groups excluding tert-OH is 1. The number of aromatic nitrogens is 2. The summed E-state index contributed by atoms with van der Waals surface area (Å²) >= 11 is 0. The van der Waals surface area contributed by atoms with Gasteiger partial charge in [0.25, 0.3) is 0 Å². The molecular weight excluding hydrogens is 192 g/mol. The molecular formula is C11H18N2O2. The zero-order chi connectivity index (χ0) is 10.7. The number of ether oxygens (including phenoxy) is 1. The van der Waals surface area contributed by atoms with Crippen molar-refractivity contribution in [3.63, 3.8) is 0 Å². The molecule has 0 radical (unpaired) electrons. The van der Waals surface area contributed by atoms with Crippen LogP contribution < -0.4 is 0 Å². The quantitative estimate of drug-likeness (QED) is 0.819. The lowest BCUT2D eigenvalue weighted by Crippen LogP contribution is -2.16. The fraction of sp³-hybridized carbons (Fsp3) is 0.727. The van der Waals surface area contributed by atoms with Gasteiger partial charge in [-0.2, -0.15) is 5.10 Å². The zero-order valence-corrected chi connectivity index (χ0v) is 9.09. The van der Waals surface area contributed by atoms with Crippen molar-refractivity contribution in [2.45, 2.75) is 44.9 Å². The van der Waals surface area contributed by atoms with Crippen molar-refractivity contribution in [2.24, 2.45) is 0 Å². The van der Waals surface area contributed by atoms with Gasteiger partial charge >= 0.3 is 0 Å². The fourth-order valence-corrected chi connectivity index (χ4v) is 1.95. The van der Waals surface area contributed by atoms with Crippen LogP contribution >= 0.6 is 0 Å². The highest BCUT2D eigenvalue weighted by Crippen LogP contribution is 2.26. The smallest absolute Gasteiger partial charge is 0.108 e. The second kappa shape index (κ2) is 4.77. The van der Waals surface area contributed by atoms with Gasteiger partial charge in [-0.05, 0) is 19.3 Å². The number of nitrogens with zero attached hydrogens (tertiary/aromatic N) is 2. The summed E-state index contributed by atoms with van der Waals surface area (Å²) in [5.41, 5.74) is 0.871. The van der Waals surface area contributed by atoms with Crippen LogP contribution in [0.4, 0.5) is 0 Å². The van der Waals surface area contributed by atoms with E-state index in [1.54, 1.807) is 6.20 Å². The Morgan fingerprint density at radius 3 is 3.27 bits per heavy atom. The second-order valence-electron chi connectivity index (χ2n) is 4.03. The Labute approximate surface area is 89.9 Å². The maximum Gasteiger partial charge on any atom is 0.108 e. The highest BCUT2D eigenvalue weighted by atomic mass is 16.5. The molecule has 1 N–H and O–H groups in total. The molecule has 4 heteroatoms. The first-order chi connectivity index (χ1) is 7.31. The van der Waals surface area contributed by atoms with Crippen LogP contribution in [0.25, 0.3) is 0 Å². The highest BCUT2D eigenvalue weighted by molar-refractivity contribution is 5.10. The minimum absolute atomic E-state index is 0.0377. The predicted octanol–water partition coefficient (Wildman–Crippen LogP) is 1.51.